The first-order valence-corrected chi connectivity index (χ1v) is 5.50. The molecule has 0 saturated carbocycles. The summed E-state index contributed by atoms with van der Waals surface area (Å²) >= 11 is 2.43. The molecule has 0 aliphatic carbocycles. The standard InChI is InChI=1S/C8H17IO/c1-8(7-9)5-3-2-4-6-10/h8,10H,2-7H2,1H3/t8-/m0/s1. The summed E-state index contributed by atoms with van der Waals surface area (Å²) < 4.78 is 1.26. The normalized spacial score (nSPS) is 13.5. The molecule has 2 heteroatoms. The topological polar surface area (TPSA) is 20.2 Å². The fraction of sp³-hybridized carbons (Fsp3) is 1.00. The lowest BCUT2D eigenvalue weighted by Gasteiger charge is -2.05. The van der Waals surface area contributed by atoms with Gasteiger partial charge in [-0.3, -0.25) is 0 Å². The number of aliphatic hydroxyl groups excluding tert-OH is 1. The summed E-state index contributed by atoms with van der Waals surface area (Å²) in [6, 6.07) is 0. The van der Waals surface area contributed by atoms with E-state index in [0.717, 1.165) is 12.3 Å². The van der Waals surface area contributed by atoms with Crippen LogP contribution in [0.3, 0.4) is 0 Å². The second-order valence-corrected chi connectivity index (χ2v) is 3.71. The minimum Gasteiger partial charge on any atom is -0.396 e. The highest BCUT2D eigenvalue weighted by molar-refractivity contribution is 14.1. The Hall–Kier alpha value is 0.690. The first-order valence-electron chi connectivity index (χ1n) is 3.98. The van der Waals surface area contributed by atoms with Crippen molar-refractivity contribution in [2.75, 3.05) is 11.0 Å². The monoisotopic (exact) mass is 256 g/mol. The molecule has 0 rings (SSSR count). The molecular weight excluding hydrogens is 239 g/mol. The van der Waals surface area contributed by atoms with Gasteiger partial charge in [0.05, 0.1) is 0 Å². The molecule has 10 heavy (non-hydrogen) atoms. The van der Waals surface area contributed by atoms with Crippen LogP contribution in [0.5, 0.6) is 0 Å². The highest BCUT2D eigenvalue weighted by Gasteiger charge is 1.97. The first-order chi connectivity index (χ1) is 4.81. The van der Waals surface area contributed by atoms with Crippen molar-refractivity contribution < 1.29 is 5.11 Å². The summed E-state index contributed by atoms with van der Waals surface area (Å²) in [5, 5.41) is 8.49. The number of hydrogen-bond donors (Lipinski definition) is 1. The highest BCUT2D eigenvalue weighted by Crippen LogP contribution is 2.11. The van der Waals surface area contributed by atoms with E-state index in [1.807, 2.05) is 0 Å². The van der Waals surface area contributed by atoms with Crippen LogP contribution in [0.15, 0.2) is 0 Å². The van der Waals surface area contributed by atoms with Gasteiger partial charge in [-0.15, -0.1) is 0 Å². The van der Waals surface area contributed by atoms with E-state index in [-0.39, 0.29) is 0 Å². The summed E-state index contributed by atoms with van der Waals surface area (Å²) in [7, 11) is 0. The molecule has 0 aromatic carbocycles. The van der Waals surface area contributed by atoms with Crippen molar-refractivity contribution in [2.45, 2.75) is 32.6 Å². The third-order valence-electron chi connectivity index (χ3n) is 1.62. The lowest BCUT2D eigenvalue weighted by molar-refractivity contribution is 0.281. The third-order valence-corrected chi connectivity index (χ3v) is 3.12. The van der Waals surface area contributed by atoms with Crippen LogP contribution in [0.25, 0.3) is 0 Å². The first kappa shape index (κ1) is 10.7. The van der Waals surface area contributed by atoms with Crippen molar-refractivity contribution in [3.63, 3.8) is 0 Å². The van der Waals surface area contributed by atoms with Crippen LogP contribution in [-0.4, -0.2) is 16.1 Å². The van der Waals surface area contributed by atoms with Crippen molar-refractivity contribution in [3.05, 3.63) is 0 Å². The third kappa shape index (κ3) is 6.81. The molecule has 0 fully saturated rings. The zero-order valence-electron chi connectivity index (χ0n) is 6.65. The minimum absolute atomic E-state index is 0.360. The molecule has 1 N–H and O–H groups in total. The van der Waals surface area contributed by atoms with Gasteiger partial charge in [0, 0.05) is 11.0 Å². The SMILES string of the molecule is C[C@H](CI)CCCCCO. The van der Waals surface area contributed by atoms with Crippen LogP contribution < -0.4 is 0 Å². The van der Waals surface area contributed by atoms with E-state index in [1.54, 1.807) is 0 Å². The lowest BCUT2D eigenvalue weighted by atomic mass is 10.1. The maximum atomic E-state index is 8.49. The van der Waals surface area contributed by atoms with Crippen molar-refractivity contribution in [3.8, 4) is 0 Å². The van der Waals surface area contributed by atoms with Gasteiger partial charge in [-0.2, -0.15) is 0 Å². The van der Waals surface area contributed by atoms with Crippen LogP contribution in [-0.2, 0) is 0 Å². The zero-order chi connectivity index (χ0) is 7.82. The Balaban J connectivity index is 2.89. The zero-order valence-corrected chi connectivity index (χ0v) is 8.80. The average Bonchev–Trinajstić information content (AvgIpc) is 1.98. The molecule has 0 aromatic heterocycles. The Bertz CT molecular complexity index is 66.3. The second-order valence-electron chi connectivity index (χ2n) is 2.83. The molecule has 0 radical (unpaired) electrons. The molecule has 62 valence electrons. The van der Waals surface area contributed by atoms with Gasteiger partial charge in [-0.1, -0.05) is 42.4 Å². The van der Waals surface area contributed by atoms with Crippen LogP contribution in [0.2, 0.25) is 0 Å². The number of hydrogen-bond acceptors (Lipinski definition) is 1. The Morgan fingerprint density at radius 2 is 2.00 bits per heavy atom. The van der Waals surface area contributed by atoms with Crippen LogP contribution in [0, 0.1) is 5.92 Å². The van der Waals surface area contributed by atoms with E-state index in [2.05, 4.69) is 29.5 Å². The van der Waals surface area contributed by atoms with E-state index < -0.39 is 0 Å². The summed E-state index contributed by atoms with van der Waals surface area (Å²) in [5.74, 6) is 0.860. The number of halogens is 1. The largest absolute Gasteiger partial charge is 0.396 e. The summed E-state index contributed by atoms with van der Waals surface area (Å²) in [6.07, 6.45) is 4.78. The van der Waals surface area contributed by atoms with E-state index in [0.29, 0.717) is 6.61 Å². The number of unbranched alkanes of at least 4 members (excludes halogenated alkanes) is 2. The highest BCUT2D eigenvalue weighted by atomic mass is 127. The molecule has 0 heterocycles. The van der Waals surface area contributed by atoms with Crippen molar-refractivity contribution >= 4 is 22.6 Å². The predicted molar refractivity (Wildman–Crippen MR) is 53.6 cm³/mol. The molecule has 0 bridgehead atoms. The molecule has 0 aliphatic rings. The van der Waals surface area contributed by atoms with Gasteiger partial charge < -0.3 is 5.11 Å². The van der Waals surface area contributed by atoms with E-state index >= 15 is 0 Å². The van der Waals surface area contributed by atoms with Gasteiger partial charge in [0.2, 0.25) is 0 Å². The molecule has 1 nitrogen and oxygen atoms in total. The molecule has 0 amide bonds. The van der Waals surface area contributed by atoms with Gasteiger partial charge >= 0.3 is 0 Å². The Kier molecular flexibility index (Phi) is 8.33. The van der Waals surface area contributed by atoms with Gasteiger partial charge in [0.15, 0.2) is 0 Å². The van der Waals surface area contributed by atoms with Crippen LogP contribution in [0.1, 0.15) is 32.6 Å². The Morgan fingerprint density at radius 1 is 1.30 bits per heavy atom. The van der Waals surface area contributed by atoms with Gasteiger partial charge in [-0.25, -0.2) is 0 Å². The lowest BCUT2D eigenvalue weighted by Crippen LogP contribution is -1.95. The second kappa shape index (κ2) is 7.79. The van der Waals surface area contributed by atoms with Crippen LogP contribution in [0.4, 0.5) is 0 Å². The van der Waals surface area contributed by atoms with Crippen molar-refractivity contribution in [1.82, 2.24) is 0 Å². The molecule has 1 atom stereocenters. The van der Waals surface area contributed by atoms with E-state index in [1.165, 1.54) is 23.7 Å². The maximum absolute atomic E-state index is 8.49. The van der Waals surface area contributed by atoms with Crippen LogP contribution >= 0.6 is 22.6 Å². The average molecular weight is 256 g/mol. The maximum Gasteiger partial charge on any atom is 0.0431 e. The summed E-state index contributed by atoms with van der Waals surface area (Å²) in [4.78, 5) is 0. The van der Waals surface area contributed by atoms with E-state index in [9.17, 15) is 0 Å². The molecule has 0 aromatic rings. The fourth-order valence-electron chi connectivity index (χ4n) is 0.859. The Morgan fingerprint density at radius 3 is 2.50 bits per heavy atom. The van der Waals surface area contributed by atoms with E-state index in [4.69, 9.17) is 5.11 Å². The Labute approximate surface area is 77.3 Å². The number of alkyl halides is 1. The number of rotatable bonds is 6. The van der Waals surface area contributed by atoms with Crippen molar-refractivity contribution in [1.29, 1.82) is 0 Å². The molecule has 0 aliphatic heterocycles. The van der Waals surface area contributed by atoms with Crippen molar-refractivity contribution in [2.24, 2.45) is 5.92 Å². The molecular formula is C8H17IO. The predicted octanol–water partition coefficient (Wildman–Crippen LogP) is 2.61. The summed E-state index contributed by atoms with van der Waals surface area (Å²) in [5.41, 5.74) is 0. The van der Waals surface area contributed by atoms with Gasteiger partial charge in [0.25, 0.3) is 0 Å². The molecule has 0 spiro atoms. The fourth-order valence-corrected chi connectivity index (χ4v) is 1.30. The summed E-state index contributed by atoms with van der Waals surface area (Å²) in [6.45, 7) is 2.64. The number of aliphatic hydroxyl groups is 1. The quantitative estimate of drug-likeness (QED) is 0.440. The molecule has 0 saturated heterocycles. The van der Waals surface area contributed by atoms with Gasteiger partial charge in [0.1, 0.15) is 0 Å². The smallest absolute Gasteiger partial charge is 0.0431 e. The van der Waals surface area contributed by atoms with Gasteiger partial charge in [-0.05, 0) is 18.8 Å². The molecule has 0 unspecified atom stereocenters. The minimum atomic E-state index is 0.360.